The van der Waals surface area contributed by atoms with Crippen LogP contribution in [0.1, 0.15) is 60.7 Å². The van der Waals surface area contributed by atoms with Crippen LogP contribution < -0.4 is 15.2 Å². The summed E-state index contributed by atoms with van der Waals surface area (Å²) in [5, 5.41) is 10.6. The molecule has 4 aromatic rings. The molecule has 3 atom stereocenters. The normalized spacial score (nSPS) is 22.2. The highest BCUT2D eigenvalue weighted by Gasteiger charge is 2.34. The number of aliphatic hydroxyl groups excluding tert-OH is 1. The van der Waals surface area contributed by atoms with Gasteiger partial charge in [-0.1, -0.05) is 0 Å². The van der Waals surface area contributed by atoms with Crippen LogP contribution in [0.4, 0.5) is 20.3 Å². The van der Waals surface area contributed by atoms with E-state index in [4.69, 9.17) is 0 Å². The summed E-state index contributed by atoms with van der Waals surface area (Å²) in [7, 11) is 0. The van der Waals surface area contributed by atoms with Gasteiger partial charge in [0.1, 0.15) is 17.8 Å². The van der Waals surface area contributed by atoms with Crippen LogP contribution >= 0.6 is 0 Å². The summed E-state index contributed by atoms with van der Waals surface area (Å²) in [6.07, 6.45) is 9.32. The number of aryl methyl sites for hydroxylation is 2. The summed E-state index contributed by atoms with van der Waals surface area (Å²) in [5.41, 5.74) is 4.21. The van der Waals surface area contributed by atoms with Gasteiger partial charge < -0.3 is 19.5 Å². The number of hydrogen-bond acceptors (Lipinski definition) is 8. The Morgan fingerprint density at radius 2 is 1.83 bits per heavy atom. The van der Waals surface area contributed by atoms with E-state index in [1.54, 1.807) is 24.7 Å². The number of alkyl halides is 1. The monoisotopic (exact) mass is 629 g/mol. The van der Waals surface area contributed by atoms with E-state index in [-0.39, 0.29) is 30.6 Å². The molecule has 1 aromatic carbocycles. The number of aromatic nitrogens is 4. The Labute approximate surface area is 267 Å². The molecule has 3 aliphatic rings. The molecular formula is C35H41F2N7O2. The molecule has 0 unspecified atom stereocenters. The van der Waals surface area contributed by atoms with Crippen LogP contribution in [-0.2, 0) is 13.1 Å². The topological polar surface area (TPSA) is 90.6 Å². The van der Waals surface area contributed by atoms with E-state index in [9.17, 15) is 9.90 Å². The molecule has 3 fully saturated rings. The number of anilines is 2. The minimum absolute atomic E-state index is 0.208. The second-order valence-corrected chi connectivity index (χ2v) is 13.3. The molecule has 2 aliphatic heterocycles. The highest BCUT2D eigenvalue weighted by molar-refractivity contribution is 5.84. The smallest absolute Gasteiger partial charge is 0.193 e. The van der Waals surface area contributed by atoms with E-state index < -0.39 is 18.1 Å². The zero-order chi connectivity index (χ0) is 31.9. The number of β-amino-alcohol motifs (C(OH)–C–C–N with tert-alkyl or cyclic N) is 1. The third-order valence-electron chi connectivity index (χ3n) is 9.56. The van der Waals surface area contributed by atoms with Crippen LogP contribution in [0.5, 0.6) is 0 Å². The van der Waals surface area contributed by atoms with Crippen molar-refractivity contribution in [2.75, 3.05) is 36.0 Å². The molecule has 1 saturated carbocycles. The predicted octanol–water partition coefficient (Wildman–Crippen LogP) is 4.86. The Balaban J connectivity index is 1.26. The first-order chi connectivity index (χ1) is 22.2. The summed E-state index contributed by atoms with van der Waals surface area (Å²) >= 11 is 0. The fourth-order valence-electron chi connectivity index (χ4n) is 7.08. The Morgan fingerprint density at radius 3 is 2.57 bits per heavy atom. The van der Waals surface area contributed by atoms with Gasteiger partial charge in [-0.05, 0) is 75.8 Å². The first kappa shape index (κ1) is 30.7. The average Bonchev–Trinajstić information content (AvgIpc) is 3.88. The van der Waals surface area contributed by atoms with E-state index in [1.807, 2.05) is 42.0 Å². The molecule has 0 spiro atoms. The van der Waals surface area contributed by atoms with Gasteiger partial charge in [-0.2, -0.15) is 0 Å². The Bertz CT molecular complexity index is 1780. The van der Waals surface area contributed by atoms with E-state index in [0.717, 1.165) is 41.7 Å². The van der Waals surface area contributed by atoms with Crippen LogP contribution in [-0.4, -0.2) is 74.0 Å². The van der Waals surface area contributed by atoms with Crippen LogP contribution in [0, 0.1) is 19.7 Å². The van der Waals surface area contributed by atoms with Crippen molar-refractivity contribution in [3.05, 3.63) is 87.6 Å². The maximum atomic E-state index is 15.7. The second kappa shape index (κ2) is 12.7. The molecule has 3 aromatic heterocycles. The fraction of sp³-hybridized carbons (Fsp3) is 0.486. The van der Waals surface area contributed by atoms with Gasteiger partial charge in [-0.3, -0.25) is 19.7 Å². The van der Waals surface area contributed by atoms with Crippen molar-refractivity contribution in [1.29, 1.82) is 0 Å². The fourth-order valence-corrected chi connectivity index (χ4v) is 7.08. The van der Waals surface area contributed by atoms with Gasteiger partial charge in [0.05, 0.1) is 41.9 Å². The molecule has 0 radical (unpaired) electrons. The summed E-state index contributed by atoms with van der Waals surface area (Å²) in [5.74, 6) is 0.177. The summed E-state index contributed by atoms with van der Waals surface area (Å²) < 4.78 is 33.3. The van der Waals surface area contributed by atoms with Gasteiger partial charge in [0, 0.05) is 73.8 Å². The van der Waals surface area contributed by atoms with E-state index in [1.165, 1.54) is 6.07 Å². The minimum atomic E-state index is -1.08. The zero-order valence-electron chi connectivity index (χ0n) is 26.4. The molecule has 9 nitrogen and oxygen atoms in total. The van der Waals surface area contributed by atoms with Crippen molar-refractivity contribution in [2.45, 2.75) is 83.4 Å². The minimum Gasteiger partial charge on any atom is -0.391 e. The third-order valence-corrected chi connectivity index (χ3v) is 9.56. The Hall–Kier alpha value is -3.96. The van der Waals surface area contributed by atoms with Gasteiger partial charge in [-0.25, -0.2) is 13.8 Å². The summed E-state index contributed by atoms with van der Waals surface area (Å²) in [6, 6.07) is 7.17. The van der Waals surface area contributed by atoms with Crippen molar-refractivity contribution < 1.29 is 13.9 Å². The number of nitrogens with zero attached hydrogens (tertiary/aromatic N) is 7. The van der Waals surface area contributed by atoms with Crippen LogP contribution in [0.2, 0.25) is 0 Å². The first-order valence-corrected chi connectivity index (χ1v) is 16.4. The summed E-state index contributed by atoms with van der Waals surface area (Å²) in [6.45, 7) is 6.40. The molecule has 1 aliphatic carbocycles. The van der Waals surface area contributed by atoms with Crippen LogP contribution in [0.15, 0.2) is 53.8 Å². The second-order valence-electron chi connectivity index (χ2n) is 13.3. The molecule has 5 heterocycles. The Morgan fingerprint density at radius 1 is 0.978 bits per heavy atom. The number of pyridine rings is 2. The average molecular weight is 630 g/mol. The maximum Gasteiger partial charge on any atom is 0.193 e. The SMILES string of the molecule is Cc1cnc(N2C[C@@H](F)C[C@H](N(Cc3ccnc(C)c3)Cc3cn(C4CC4)c4cc(N5CCC[C@H](O)C5)c(F)cc4c3=O)C2)cn1. The van der Waals surface area contributed by atoms with E-state index in [0.29, 0.717) is 61.5 Å². The van der Waals surface area contributed by atoms with Gasteiger partial charge in [0.15, 0.2) is 5.43 Å². The van der Waals surface area contributed by atoms with Crippen LogP contribution in [0.25, 0.3) is 10.9 Å². The molecule has 0 bridgehead atoms. The van der Waals surface area contributed by atoms with Gasteiger partial charge >= 0.3 is 0 Å². The van der Waals surface area contributed by atoms with Crippen molar-refractivity contribution >= 4 is 22.4 Å². The third kappa shape index (κ3) is 6.48. The molecule has 11 heteroatoms. The highest BCUT2D eigenvalue weighted by Crippen LogP contribution is 2.39. The predicted molar refractivity (Wildman–Crippen MR) is 174 cm³/mol. The lowest BCUT2D eigenvalue weighted by Gasteiger charge is -2.41. The van der Waals surface area contributed by atoms with Crippen molar-refractivity contribution in [3.8, 4) is 0 Å². The van der Waals surface area contributed by atoms with Crippen molar-refractivity contribution in [2.24, 2.45) is 0 Å². The maximum absolute atomic E-state index is 15.7. The van der Waals surface area contributed by atoms with E-state index in [2.05, 4.69) is 24.4 Å². The lowest BCUT2D eigenvalue weighted by Crippen LogP contribution is -2.52. The largest absolute Gasteiger partial charge is 0.391 e. The molecule has 7 rings (SSSR count). The molecule has 2 saturated heterocycles. The lowest BCUT2D eigenvalue weighted by atomic mass is 10.00. The number of fused-ring (bicyclic) bond motifs is 1. The first-order valence-electron chi connectivity index (χ1n) is 16.4. The molecular weight excluding hydrogens is 588 g/mol. The molecule has 1 N–H and O–H groups in total. The molecule has 0 amide bonds. The zero-order valence-corrected chi connectivity index (χ0v) is 26.4. The van der Waals surface area contributed by atoms with Gasteiger partial charge in [-0.15, -0.1) is 0 Å². The van der Waals surface area contributed by atoms with Crippen molar-refractivity contribution in [1.82, 2.24) is 24.4 Å². The van der Waals surface area contributed by atoms with Crippen LogP contribution in [0.3, 0.4) is 0 Å². The molecule has 242 valence electrons. The lowest BCUT2D eigenvalue weighted by molar-refractivity contribution is 0.120. The van der Waals surface area contributed by atoms with Crippen molar-refractivity contribution in [3.63, 3.8) is 0 Å². The number of piperidine rings is 2. The molecule has 46 heavy (non-hydrogen) atoms. The summed E-state index contributed by atoms with van der Waals surface area (Å²) in [4.78, 5) is 33.4. The number of rotatable bonds is 8. The van der Waals surface area contributed by atoms with E-state index >= 15 is 8.78 Å². The highest BCUT2D eigenvalue weighted by atomic mass is 19.1. The number of halogens is 2. The van der Waals surface area contributed by atoms with Gasteiger partial charge in [0.2, 0.25) is 0 Å². The van der Waals surface area contributed by atoms with Gasteiger partial charge in [0.25, 0.3) is 0 Å². The number of aliphatic hydroxyl groups is 1. The quantitative estimate of drug-likeness (QED) is 0.296. The number of benzene rings is 1. The Kier molecular flexibility index (Phi) is 8.46. The number of hydrogen-bond donors (Lipinski definition) is 1. The standard InChI is InChI=1S/C35H41F2N7O2/c1-22-10-24(7-8-38-22)16-42(28-11-26(36)19-43(20-28)34-15-39-23(2)14-40-34)17-25-18-44(27-5-6-27)32-13-33(31(37)12-30(32)35(25)46)41-9-3-4-29(45)21-41/h7-8,10,12-15,18,26-29,45H,3-6,9,11,16-17,19-21H2,1-2H3/t26-,28-,29-/m0/s1.